The molecule has 1 N–H and O–H groups in total. The van der Waals surface area contributed by atoms with E-state index in [0.717, 1.165) is 18.7 Å². The largest absolute Gasteiger partial charge is 0.490 e. The number of carbonyl (C=O) groups excluding carboxylic acids is 1. The third kappa shape index (κ3) is 8.07. The molecule has 0 radical (unpaired) electrons. The molecule has 3 rings (SSSR count). The number of hydrogen-bond acceptors (Lipinski definition) is 4. The van der Waals surface area contributed by atoms with Crippen LogP contribution in [0.5, 0.6) is 0 Å². The lowest BCUT2D eigenvalue weighted by molar-refractivity contribution is -0.192. The highest BCUT2D eigenvalue weighted by molar-refractivity contribution is 5.75. The van der Waals surface area contributed by atoms with Crippen molar-refractivity contribution in [3.8, 4) is 0 Å². The van der Waals surface area contributed by atoms with Gasteiger partial charge in [-0.15, -0.1) is 0 Å². The number of likely N-dealkylation sites (tertiary alicyclic amines) is 1. The number of nitrogens with zero attached hydrogens (tertiary/aromatic N) is 3. The quantitative estimate of drug-likeness (QED) is 0.731. The lowest BCUT2D eigenvalue weighted by Crippen LogP contribution is -2.42. The van der Waals surface area contributed by atoms with Crippen LogP contribution in [0.4, 0.5) is 13.2 Å². The summed E-state index contributed by atoms with van der Waals surface area (Å²) in [6.45, 7) is 5.43. The molecular formula is C23H34F3N3O3. The second kappa shape index (κ2) is 11.1. The van der Waals surface area contributed by atoms with Crippen LogP contribution in [-0.4, -0.2) is 65.1 Å². The van der Waals surface area contributed by atoms with Gasteiger partial charge in [0.25, 0.3) is 0 Å². The predicted molar refractivity (Wildman–Crippen MR) is 115 cm³/mol. The molecule has 2 fully saturated rings. The molecule has 1 aromatic rings. The fraction of sp³-hybridized carbons (Fsp3) is 0.696. The number of carbonyl (C=O) groups is 2. The molecule has 0 atom stereocenters. The van der Waals surface area contributed by atoms with Gasteiger partial charge in [-0.1, -0.05) is 6.07 Å². The minimum atomic E-state index is -5.08. The summed E-state index contributed by atoms with van der Waals surface area (Å²) in [4.78, 5) is 29.8. The highest BCUT2D eigenvalue weighted by Crippen LogP contribution is 2.47. The summed E-state index contributed by atoms with van der Waals surface area (Å²) in [5.41, 5.74) is 2.85. The second-order valence-electron chi connectivity index (χ2n) is 9.29. The molecule has 6 nitrogen and oxygen atoms in total. The Bertz CT molecular complexity index is 765. The van der Waals surface area contributed by atoms with Crippen LogP contribution < -0.4 is 0 Å². The van der Waals surface area contributed by atoms with Crippen LogP contribution in [0, 0.1) is 18.3 Å². The van der Waals surface area contributed by atoms with Gasteiger partial charge >= 0.3 is 12.1 Å². The lowest BCUT2D eigenvalue weighted by Gasteiger charge is -2.46. The minimum Gasteiger partial charge on any atom is -0.475 e. The van der Waals surface area contributed by atoms with Crippen molar-refractivity contribution in [1.29, 1.82) is 0 Å². The maximum Gasteiger partial charge on any atom is 0.490 e. The number of pyridine rings is 1. The SMILES string of the molecule is Cc1cccc(CN2CCC3(CCC(CC(=O)N(C)C)CC3)CC2)n1.O=C(O)C(F)(F)F. The van der Waals surface area contributed by atoms with Crippen LogP contribution in [0.15, 0.2) is 18.2 Å². The first-order valence-corrected chi connectivity index (χ1v) is 11.1. The number of carboxylic acids is 1. The molecule has 1 aliphatic carbocycles. The van der Waals surface area contributed by atoms with Gasteiger partial charge in [-0.05, 0) is 82.0 Å². The summed E-state index contributed by atoms with van der Waals surface area (Å²) in [5, 5.41) is 7.12. The van der Waals surface area contributed by atoms with Gasteiger partial charge in [-0.2, -0.15) is 13.2 Å². The Hall–Kier alpha value is -2.16. The Labute approximate surface area is 187 Å². The van der Waals surface area contributed by atoms with Gasteiger partial charge in [-0.3, -0.25) is 14.7 Å². The first-order chi connectivity index (χ1) is 14.9. The standard InChI is InChI=1S/C21H33N3O.C2HF3O2/c1-17-5-4-6-19(22-17)16-24-13-11-21(12-14-24)9-7-18(8-10-21)15-20(25)23(2)3;3-2(4,5)1(6)7/h4-6,18H,7-16H2,1-3H3;(H,6,7). The molecule has 1 aliphatic heterocycles. The molecule has 180 valence electrons. The molecule has 1 saturated heterocycles. The number of piperidine rings is 1. The number of halogens is 3. The average molecular weight is 458 g/mol. The van der Waals surface area contributed by atoms with E-state index in [-0.39, 0.29) is 0 Å². The fourth-order valence-electron chi connectivity index (χ4n) is 4.53. The first-order valence-electron chi connectivity index (χ1n) is 11.1. The number of aryl methyl sites for hydroxylation is 1. The number of hydrogen-bond donors (Lipinski definition) is 1. The zero-order valence-electron chi connectivity index (χ0n) is 19.1. The molecule has 32 heavy (non-hydrogen) atoms. The van der Waals surface area contributed by atoms with Gasteiger partial charge in [-0.25, -0.2) is 4.79 Å². The van der Waals surface area contributed by atoms with Crippen LogP contribution >= 0.6 is 0 Å². The van der Waals surface area contributed by atoms with Gasteiger partial charge in [0.05, 0.1) is 5.69 Å². The van der Waals surface area contributed by atoms with E-state index in [1.165, 1.54) is 57.3 Å². The molecule has 1 aromatic heterocycles. The number of aromatic nitrogens is 1. The topological polar surface area (TPSA) is 73.7 Å². The van der Waals surface area contributed by atoms with Crippen LogP contribution in [0.2, 0.25) is 0 Å². The molecule has 0 aromatic carbocycles. The summed E-state index contributed by atoms with van der Waals surface area (Å²) in [6.07, 6.45) is 3.39. The predicted octanol–water partition coefficient (Wildman–Crippen LogP) is 4.27. The Balaban J connectivity index is 0.000000451. The van der Waals surface area contributed by atoms with Gasteiger partial charge in [0, 0.05) is 32.8 Å². The van der Waals surface area contributed by atoms with Gasteiger partial charge < -0.3 is 10.0 Å². The monoisotopic (exact) mass is 457 g/mol. The minimum absolute atomic E-state index is 0.293. The zero-order valence-corrected chi connectivity index (χ0v) is 19.1. The third-order valence-electron chi connectivity index (χ3n) is 6.62. The lowest BCUT2D eigenvalue weighted by atomic mass is 9.65. The van der Waals surface area contributed by atoms with Gasteiger partial charge in [0.15, 0.2) is 0 Å². The number of carboxylic acid groups (broad SMARTS) is 1. The number of aliphatic carboxylic acids is 1. The normalized spacial score (nSPS) is 19.2. The van der Waals surface area contributed by atoms with Crippen molar-refractivity contribution in [3.63, 3.8) is 0 Å². The van der Waals surface area contributed by atoms with Crippen LogP contribution in [0.25, 0.3) is 0 Å². The summed E-state index contributed by atoms with van der Waals surface area (Å²) in [5.74, 6) is -1.86. The molecule has 0 bridgehead atoms. The average Bonchev–Trinajstić information content (AvgIpc) is 2.71. The smallest absolute Gasteiger partial charge is 0.475 e. The van der Waals surface area contributed by atoms with E-state index in [4.69, 9.17) is 9.90 Å². The zero-order chi connectivity index (χ0) is 23.9. The van der Waals surface area contributed by atoms with Crippen LogP contribution in [0.3, 0.4) is 0 Å². The molecule has 2 aliphatic rings. The number of amides is 1. The van der Waals surface area contributed by atoms with Crippen LogP contribution in [0.1, 0.15) is 56.3 Å². The van der Waals surface area contributed by atoms with E-state index in [1.807, 2.05) is 14.1 Å². The van der Waals surface area contributed by atoms with Crippen LogP contribution in [-0.2, 0) is 16.1 Å². The van der Waals surface area contributed by atoms with E-state index in [2.05, 4.69) is 35.0 Å². The molecule has 1 saturated carbocycles. The fourth-order valence-corrected chi connectivity index (χ4v) is 4.53. The Morgan fingerprint density at radius 3 is 2.19 bits per heavy atom. The van der Waals surface area contributed by atoms with Crippen molar-refractivity contribution in [3.05, 3.63) is 29.6 Å². The maximum absolute atomic E-state index is 11.9. The second-order valence-corrected chi connectivity index (χ2v) is 9.29. The Morgan fingerprint density at radius 1 is 1.16 bits per heavy atom. The highest BCUT2D eigenvalue weighted by atomic mass is 19.4. The molecule has 9 heteroatoms. The van der Waals surface area contributed by atoms with Gasteiger partial charge in [0.2, 0.25) is 5.91 Å². The van der Waals surface area contributed by atoms with Crippen molar-refractivity contribution < 1.29 is 27.9 Å². The number of rotatable bonds is 4. The highest BCUT2D eigenvalue weighted by Gasteiger charge is 2.39. The third-order valence-corrected chi connectivity index (χ3v) is 6.62. The van der Waals surface area contributed by atoms with Crippen molar-refractivity contribution in [1.82, 2.24) is 14.8 Å². The summed E-state index contributed by atoms with van der Waals surface area (Å²) in [6, 6.07) is 6.32. The first kappa shape index (κ1) is 26.1. The maximum atomic E-state index is 11.9. The van der Waals surface area contributed by atoms with Crippen molar-refractivity contribution in [2.24, 2.45) is 11.3 Å². The Kier molecular flexibility index (Phi) is 9.07. The van der Waals surface area contributed by atoms with E-state index in [0.29, 0.717) is 17.2 Å². The van der Waals surface area contributed by atoms with Crippen molar-refractivity contribution in [2.75, 3.05) is 27.2 Å². The molecule has 0 unspecified atom stereocenters. The van der Waals surface area contributed by atoms with E-state index in [1.54, 1.807) is 4.90 Å². The van der Waals surface area contributed by atoms with E-state index < -0.39 is 12.1 Å². The molecule has 1 spiro atoms. The van der Waals surface area contributed by atoms with Gasteiger partial charge in [0.1, 0.15) is 0 Å². The molecular weight excluding hydrogens is 423 g/mol. The summed E-state index contributed by atoms with van der Waals surface area (Å²) < 4.78 is 31.7. The van der Waals surface area contributed by atoms with Crippen molar-refractivity contribution in [2.45, 2.75) is 64.6 Å². The van der Waals surface area contributed by atoms with Crippen molar-refractivity contribution >= 4 is 11.9 Å². The Morgan fingerprint density at radius 2 is 1.72 bits per heavy atom. The number of alkyl halides is 3. The summed E-state index contributed by atoms with van der Waals surface area (Å²) in [7, 11) is 3.73. The summed E-state index contributed by atoms with van der Waals surface area (Å²) >= 11 is 0. The van der Waals surface area contributed by atoms with E-state index >= 15 is 0 Å². The molecule has 1 amide bonds. The van der Waals surface area contributed by atoms with E-state index in [9.17, 15) is 18.0 Å². The molecule has 2 heterocycles.